The van der Waals surface area contributed by atoms with Crippen LogP contribution in [0.3, 0.4) is 0 Å². The van der Waals surface area contributed by atoms with Gasteiger partial charge in [0.15, 0.2) is 5.82 Å². The molecule has 0 fully saturated rings. The Morgan fingerprint density at radius 1 is 1.00 bits per heavy atom. The molecule has 1 heterocycles. The molecular weight excluding hydrogens is 246 g/mol. The molecule has 3 heteroatoms. The van der Waals surface area contributed by atoms with E-state index in [0.29, 0.717) is 0 Å². The number of aromatic amines is 1. The van der Waals surface area contributed by atoms with Crippen molar-refractivity contribution in [3.05, 3.63) is 71.5 Å². The van der Waals surface area contributed by atoms with Crippen LogP contribution in [0.25, 0.3) is 11.4 Å². The molecule has 1 N–H and O–H groups in total. The summed E-state index contributed by atoms with van der Waals surface area (Å²) in [6.07, 6.45) is 0. The lowest BCUT2D eigenvalue weighted by Crippen LogP contribution is -1.98. The van der Waals surface area contributed by atoms with E-state index in [-0.39, 0.29) is 5.92 Å². The van der Waals surface area contributed by atoms with E-state index in [1.54, 1.807) is 0 Å². The molecule has 0 aliphatic rings. The second kappa shape index (κ2) is 5.29. The molecular formula is C17H17N3. The van der Waals surface area contributed by atoms with Crippen LogP contribution in [0.2, 0.25) is 0 Å². The Morgan fingerprint density at radius 2 is 1.80 bits per heavy atom. The molecule has 3 nitrogen and oxygen atoms in total. The molecule has 3 aromatic rings. The number of aromatic nitrogens is 3. The summed E-state index contributed by atoms with van der Waals surface area (Å²) in [4.78, 5) is 4.63. The highest BCUT2D eigenvalue weighted by atomic mass is 15.2. The van der Waals surface area contributed by atoms with Gasteiger partial charge in [-0.3, -0.25) is 5.10 Å². The van der Waals surface area contributed by atoms with Gasteiger partial charge in [0.1, 0.15) is 5.82 Å². The zero-order valence-electron chi connectivity index (χ0n) is 11.7. The van der Waals surface area contributed by atoms with E-state index in [1.807, 2.05) is 30.3 Å². The minimum absolute atomic E-state index is 0.210. The van der Waals surface area contributed by atoms with Gasteiger partial charge in [-0.15, -0.1) is 0 Å². The Bertz CT molecular complexity index is 701. The SMILES string of the molecule is Cc1cccc(-c2n[nH]c(C(C)c3ccccc3)n2)c1. The first-order valence-corrected chi connectivity index (χ1v) is 6.78. The predicted octanol–water partition coefficient (Wildman–Crippen LogP) is 3.93. The zero-order valence-corrected chi connectivity index (χ0v) is 11.7. The molecule has 0 bridgehead atoms. The third-order valence-electron chi connectivity index (χ3n) is 3.49. The fourth-order valence-electron chi connectivity index (χ4n) is 2.28. The molecule has 1 unspecified atom stereocenters. The van der Waals surface area contributed by atoms with Gasteiger partial charge in [0.25, 0.3) is 0 Å². The number of hydrogen-bond donors (Lipinski definition) is 1. The first kappa shape index (κ1) is 12.6. The minimum Gasteiger partial charge on any atom is -0.262 e. The van der Waals surface area contributed by atoms with Gasteiger partial charge < -0.3 is 0 Å². The van der Waals surface area contributed by atoms with E-state index < -0.39 is 0 Å². The van der Waals surface area contributed by atoms with Crippen LogP contribution in [0.15, 0.2) is 54.6 Å². The summed E-state index contributed by atoms with van der Waals surface area (Å²) >= 11 is 0. The first-order chi connectivity index (χ1) is 9.74. The highest BCUT2D eigenvalue weighted by Gasteiger charge is 2.13. The number of H-pyrrole nitrogens is 1. The van der Waals surface area contributed by atoms with E-state index in [0.717, 1.165) is 17.2 Å². The lowest BCUT2D eigenvalue weighted by atomic mass is 10.0. The van der Waals surface area contributed by atoms with Crippen LogP contribution < -0.4 is 0 Å². The fourth-order valence-corrected chi connectivity index (χ4v) is 2.28. The Kier molecular flexibility index (Phi) is 3.33. The summed E-state index contributed by atoms with van der Waals surface area (Å²) in [7, 11) is 0. The summed E-state index contributed by atoms with van der Waals surface area (Å²) in [5.74, 6) is 1.86. The van der Waals surface area contributed by atoms with Gasteiger partial charge in [-0.2, -0.15) is 5.10 Å². The van der Waals surface area contributed by atoms with Crippen molar-refractivity contribution in [2.45, 2.75) is 19.8 Å². The number of benzene rings is 2. The molecule has 2 aromatic carbocycles. The van der Waals surface area contributed by atoms with Crippen LogP contribution in [0.4, 0.5) is 0 Å². The quantitative estimate of drug-likeness (QED) is 0.777. The van der Waals surface area contributed by atoms with Crippen molar-refractivity contribution >= 4 is 0 Å². The van der Waals surface area contributed by atoms with Gasteiger partial charge in [-0.25, -0.2) is 4.98 Å². The normalized spacial score (nSPS) is 12.3. The van der Waals surface area contributed by atoms with Crippen molar-refractivity contribution < 1.29 is 0 Å². The number of nitrogens with one attached hydrogen (secondary N) is 1. The lowest BCUT2D eigenvalue weighted by molar-refractivity contribution is 0.823. The van der Waals surface area contributed by atoms with E-state index in [9.17, 15) is 0 Å². The first-order valence-electron chi connectivity index (χ1n) is 6.78. The summed E-state index contributed by atoms with van der Waals surface area (Å²) in [5.41, 5.74) is 3.50. The maximum atomic E-state index is 4.63. The van der Waals surface area contributed by atoms with Gasteiger partial charge in [0.05, 0.1) is 0 Å². The van der Waals surface area contributed by atoms with Crippen LogP contribution in [-0.4, -0.2) is 15.2 Å². The van der Waals surface area contributed by atoms with Crippen LogP contribution in [0.5, 0.6) is 0 Å². The van der Waals surface area contributed by atoms with Crippen molar-refractivity contribution in [1.82, 2.24) is 15.2 Å². The highest BCUT2D eigenvalue weighted by molar-refractivity contribution is 5.55. The number of hydrogen-bond acceptors (Lipinski definition) is 2. The summed E-state index contributed by atoms with van der Waals surface area (Å²) < 4.78 is 0. The summed E-state index contributed by atoms with van der Waals surface area (Å²) in [5, 5.41) is 7.40. The highest BCUT2D eigenvalue weighted by Crippen LogP contribution is 2.23. The van der Waals surface area contributed by atoms with E-state index >= 15 is 0 Å². The third kappa shape index (κ3) is 2.48. The van der Waals surface area contributed by atoms with Crippen LogP contribution in [0.1, 0.15) is 29.8 Å². The maximum Gasteiger partial charge on any atom is 0.181 e. The van der Waals surface area contributed by atoms with Crippen molar-refractivity contribution in [3.63, 3.8) is 0 Å². The standard InChI is InChI=1S/C17H17N3/c1-12-7-6-10-15(11-12)17-18-16(19-20-17)13(2)14-8-4-3-5-9-14/h3-11,13H,1-2H3,(H,18,19,20). The average Bonchev–Trinajstić information content (AvgIpc) is 2.97. The van der Waals surface area contributed by atoms with Gasteiger partial charge in [0.2, 0.25) is 0 Å². The fraction of sp³-hybridized carbons (Fsp3) is 0.176. The predicted molar refractivity (Wildman–Crippen MR) is 80.5 cm³/mol. The average molecular weight is 263 g/mol. The van der Waals surface area contributed by atoms with E-state index in [1.165, 1.54) is 11.1 Å². The molecule has 0 amide bonds. The molecule has 100 valence electrons. The van der Waals surface area contributed by atoms with Crippen LogP contribution in [0, 0.1) is 6.92 Å². The molecule has 0 saturated carbocycles. The van der Waals surface area contributed by atoms with Gasteiger partial charge in [-0.05, 0) is 18.6 Å². The monoisotopic (exact) mass is 263 g/mol. The second-order valence-corrected chi connectivity index (χ2v) is 5.05. The number of nitrogens with zero attached hydrogens (tertiary/aromatic N) is 2. The van der Waals surface area contributed by atoms with Crippen molar-refractivity contribution in [1.29, 1.82) is 0 Å². The second-order valence-electron chi connectivity index (χ2n) is 5.05. The summed E-state index contributed by atoms with van der Waals surface area (Å²) in [6.45, 7) is 4.21. The van der Waals surface area contributed by atoms with Crippen LogP contribution in [-0.2, 0) is 0 Å². The smallest absolute Gasteiger partial charge is 0.181 e. The molecule has 0 aliphatic carbocycles. The molecule has 0 aliphatic heterocycles. The maximum absolute atomic E-state index is 4.63. The minimum atomic E-state index is 0.210. The molecule has 0 spiro atoms. The Morgan fingerprint density at radius 3 is 2.55 bits per heavy atom. The lowest BCUT2D eigenvalue weighted by Gasteiger charge is -2.07. The van der Waals surface area contributed by atoms with Gasteiger partial charge in [0, 0.05) is 11.5 Å². The molecule has 0 radical (unpaired) electrons. The van der Waals surface area contributed by atoms with Gasteiger partial charge in [-0.1, -0.05) is 61.0 Å². The largest absolute Gasteiger partial charge is 0.262 e. The van der Waals surface area contributed by atoms with Crippen molar-refractivity contribution in [2.75, 3.05) is 0 Å². The van der Waals surface area contributed by atoms with Gasteiger partial charge >= 0.3 is 0 Å². The Hall–Kier alpha value is -2.42. The third-order valence-corrected chi connectivity index (χ3v) is 3.49. The molecule has 20 heavy (non-hydrogen) atoms. The molecule has 1 atom stereocenters. The van der Waals surface area contributed by atoms with Crippen molar-refractivity contribution in [3.8, 4) is 11.4 Å². The molecule has 0 saturated heterocycles. The van der Waals surface area contributed by atoms with Crippen molar-refractivity contribution in [2.24, 2.45) is 0 Å². The number of aryl methyl sites for hydroxylation is 1. The number of rotatable bonds is 3. The van der Waals surface area contributed by atoms with E-state index in [2.05, 4.69) is 53.3 Å². The Balaban J connectivity index is 1.91. The summed E-state index contributed by atoms with van der Waals surface area (Å²) in [6, 6.07) is 18.6. The molecule has 3 rings (SSSR count). The molecule has 1 aromatic heterocycles. The van der Waals surface area contributed by atoms with Crippen LogP contribution >= 0.6 is 0 Å². The Labute approximate surface area is 118 Å². The topological polar surface area (TPSA) is 41.6 Å². The zero-order chi connectivity index (χ0) is 13.9. The van der Waals surface area contributed by atoms with E-state index in [4.69, 9.17) is 0 Å².